The largest absolute Gasteiger partial charge is 0.466 e. The molecular formula is C18H22N2O3. The van der Waals surface area contributed by atoms with Crippen molar-refractivity contribution in [3.8, 4) is 0 Å². The lowest BCUT2D eigenvalue weighted by molar-refractivity contribution is -0.134. The molecule has 0 spiro atoms. The monoisotopic (exact) mass is 314 g/mol. The molecule has 2 rings (SSSR count). The Bertz CT molecular complexity index is 817. The molecule has 0 aliphatic rings. The van der Waals surface area contributed by atoms with Crippen molar-refractivity contribution >= 4 is 23.1 Å². The van der Waals surface area contributed by atoms with Crippen LogP contribution in [0.5, 0.6) is 0 Å². The average Bonchev–Trinajstić information content (AvgIpc) is 2.52. The zero-order valence-electron chi connectivity index (χ0n) is 14.2. The molecule has 0 aliphatic carbocycles. The summed E-state index contributed by atoms with van der Waals surface area (Å²) in [6.07, 6.45) is 4.01. The van der Waals surface area contributed by atoms with Crippen molar-refractivity contribution in [2.24, 2.45) is 0 Å². The van der Waals surface area contributed by atoms with E-state index in [0.29, 0.717) is 11.3 Å². The van der Waals surface area contributed by atoms with Gasteiger partial charge in [0.1, 0.15) is 6.33 Å². The molecule has 0 atom stereocenters. The molecule has 2 aromatic rings. The zero-order chi connectivity index (χ0) is 17.1. The number of hydrogen-bond acceptors (Lipinski definition) is 4. The molecule has 0 N–H and O–H groups in total. The van der Waals surface area contributed by atoms with Crippen molar-refractivity contribution in [2.75, 3.05) is 7.11 Å². The van der Waals surface area contributed by atoms with Crippen molar-refractivity contribution in [1.82, 2.24) is 9.55 Å². The van der Waals surface area contributed by atoms with Crippen LogP contribution in [0.1, 0.15) is 50.7 Å². The van der Waals surface area contributed by atoms with Crippen LogP contribution in [0, 0.1) is 0 Å². The van der Waals surface area contributed by atoms with Gasteiger partial charge in [0, 0.05) is 12.3 Å². The molecule has 1 aromatic heterocycles. The van der Waals surface area contributed by atoms with Gasteiger partial charge in [-0.2, -0.15) is 0 Å². The Labute approximate surface area is 135 Å². The van der Waals surface area contributed by atoms with Crippen LogP contribution in [-0.2, 0) is 9.53 Å². The molecule has 0 saturated heterocycles. The van der Waals surface area contributed by atoms with E-state index in [1.165, 1.54) is 30.3 Å². The molecule has 0 unspecified atom stereocenters. The van der Waals surface area contributed by atoms with Gasteiger partial charge in [0.25, 0.3) is 5.56 Å². The SMILES string of the molecule is COC(=O)C=Cn1cnc2c(C(C)C)cc(C(C)C)cc2c1=O. The molecule has 0 amide bonds. The lowest BCUT2D eigenvalue weighted by atomic mass is 9.93. The predicted molar refractivity (Wildman–Crippen MR) is 91.5 cm³/mol. The number of rotatable bonds is 4. The van der Waals surface area contributed by atoms with E-state index in [0.717, 1.165) is 16.6 Å². The van der Waals surface area contributed by atoms with Gasteiger partial charge in [-0.05, 0) is 29.0 Å². The minimum absolute atomic E-state index is 0.195. The van der Waals surface area contributed by atoms with Crippen molar-refractivity contribution in [2.45, 2.75) is 39.5 Å². The summed E-state index contributed by atoms with van der Waals surface area (Å²) < 4.78 is 5.84. The van der Waals surface area contributed by atoms with Crippen molar-refractivity contribution in [1.29, 1.82) is 0 Å². The van der Waals surface area contributed by atoms with E-state index < -0.39 is 5.97 Å². The smallest absolute Gasteiger partial charge is 0.331 e. The highest BCUT2D eigenvalue weighted by atomic mass is 16.5. The number of hydrogen-bond donors (Lipinski definition) is 0. The Morgan fingerprint density at radius 2 is 1.91 bits per heavy atom. The van der Waals surface area contributed by atoms with Gasteiger partial charge in [0.05, 0.1) is 18.0 Å². The van der Waals surface area contributed by atoms with E-state index in [9.17, 15) is 9.59 Å². The third kappa shape index (κ3) is 3.50. The van der Waals surface area contributed by atoms with Crippen LogP contribution in [0.3, 0.4) is 0 Å². The first-order valence-corrected chi connectivity index (χ1v) is 7.66. The molecule has 23 heavy (non-hydrogen) atoms. The van der Waals surface area contributed by atoms with Gasteiger partial charge in [0.15, 0.2) is 0 Å². The van der Waals surface area contributed by atoms with Gasteiger partial charge < -0.3 is 4.74 Å². The van der Waals surface area contributed by atoms with E-state index in [4.69, 9.17) is 0 Å². The Balaban J connectivity index is 2.70. The van der Waals surface area contributed by atoms with Crippen LogP contribution in [0.15, 0.2) is 29.3 Å². The van der Waals surface area contributed by atoms with Gasteiger partial charge in [-0.25, -0.2) is 9.78 Å². The lowest BCUT2D eigenvalue weighted by Crippen LogP contribution is -2.17. The number of nitrogens with zero attached hydrogens (tertiary/aromatic N) is 2. The molecule has 1 heterocycles. The second-order valence-corrected chi connectivity index (χ2v) is 6.11. The summed E-state index contributed by atoms with van der Waals surface area (Å²) in [6, 6.07) is 4.02. The second-order valence-electron chi connectivity index (χ2n) is 6.11. The Morgan fingerprint density at radius 1 is 1.22 bits per heavy atom. The standard InChI is InChI=1S/C18H22N2O3/c1-11(2)13-8-14(12(3)4)17-15(9-13)18(22)20(10-19-17)7-6-16(21)23-5/h6-12H,1-5H3. The maximum Gasteiger partial charge on any atom is 0.331 e. The predicted octanol–water partition coefficient (Wildman–Crippen LogP) is 3.29. The number of benzene rings is 1. The first kappa shape index (κ1) is 16.9. The molecule has 0 radical (unpaired) electrons. The minimum Gasteiger partial charge on any atom is -0.466 e. The number of ether oxygens (including phenoxy) is 1. The van der Waals surface area contributed by atoms with Crippen LogP contribution in [0.2, 0.25) is 0 Å². The van der Waals surface area contributed by atoms with E-state index >= 15 is 0 Å². The highest BCUT2D eigenvalue weighted by Crippen LogP contribution is 2.27. The molecule has 122 valence electrons. The van der Waals surface area contributed by atoms with E-state index in [1.54, 1.807) is 0 Å². The van der Waals surface area contributed by atoms with E-state index in [1.807, 2.05) is 6.07 Å². The number of carbonyl (C=O) groups is 1. The van der Waals surface area contributed by atoms with Crippen LogP contribution < -0.4 is 5.56 Å². The Morgan fingerprint density at radius 3 is 2.48 bits per heavy atom. The average molecular weight is 314 g/mol. The fourth-order valence-corrected chi connectivity index (χ4v) is 2.39. The highest BCUT2D eigenvalue weighted by molar-refractivity contribution is 5.86. The first-order chi connectivity index (χ1) is 10.8. The number of fused-ring (bicyclic) bond motifs is 1. The topological polar surface area (TPSA) is 61.2 Å². The van der Waals surface area contributed by atoms with Crippen LogP contribution in [-0.4, -0.2) is 22.6 Å². The summed E-state index contributed by atoms with van der Waals surface area (Å²) in [7, 11) is 1.29. The van der Waals surface area contributed by atoms with Crippen LogP contribution >= 0.6 is 0 Å². The summed E-state index contributed by atoms with van der Waals surface area (Å²) in [5, 5.41) is 0.567. The third-order valence-corrected chi connectivity index (χ3v) is 3.80. The van der Waals surface area contributed by atoms with E-state index in [2.05, 4.69) is 43.5 Å². The quantitative estimate of drug-likeness (QED) is 0.642. The molecule has 0 bridgehead atoms. The maximum atomic E-state index is 12.7. The molecule has 1 aromatic carbocycles. The van der Waals surface area contributed by atoms with Crippen LogP contribution in [0.4, 0.5) is 0 Å². The first-order valence-electron chi connectivity index (χ1n) is 7.66. The van der Waals surface area contributed by atoms with E-state index in [-0.39, 0.29) is 11.5 Å². The number of esters is 1. The number of methoxy groups -OCH3 is 1. The molecule has 5 heteroatoms. The summed E-state index contributed by atoms with van der Waals surface area (Å²) >= 11 is 0. The van der Waals surface area contributed by atoms with Gasteiger partial charge in [0.2, 0.25) is 0 Å². The summed E-state index contributed by atoms with van der Waals surface area (Å²) in [4.78, 5) is 28.3. The Hall–Kier alpha value is -2.43. The summed E-state index contributed by atoms with van der Waals surface area (Å²) in [6.45, 7) is 8.36. The van der Waals surface area contributed by atoms with Crippen LogP contribution in [0.25, 0.3) is 17.1 Å². The van der Waals surface area contributed by atoms with Crippen molar-refractivity contribution in [3.63, 3.8) is 0 Å². The molecule has 0 fully saturated rings. The molecular weight excluding hydrogens is 292 g/mol. The third-order valence-electron chi connectivity index (χ3n) is 3.80. The summed E-state index contributed by atoms with van der Waals surface area (Å²) in [5.74, 6) is 0.0657. The number of carbonyl (C=O) groups excluding carboxylic acids is 1. The molecule has 0 saturated carbocycles. The van der Waals surface area contributed by atoms with Crippen molar-refractivity contribution < 1.29 is 9.53 Å². The highest BCUT2D eigenvalue weighted by Gasteiger charge is 2.13. The fourth-order valence-electron chi connectivity index (χ4n) is 2.39. The molecule has 0 aliphatic heterocycles. The second kappa shape index (κ2) is 6.77. The van der Waals surface area contributed by atoms with Gasteiger partial charge in [-0.1, -0.05) is 33.8 Å². The van der Waals surface area contributed by atoms with Gasteiger partial charge in [-0.3, -0.25) is 9.36 Å². The lowest BCUT2D eigenvalue weighted by Gasteiger charge is -2.14. The van der Waals surface area contributed by atoms with Crippen molar-refractivity contribution in [3.05, 3.63) is 46.0 Å². The number of aromatic nitrogens is 2. The maximum absolute atomic E-state index is 12.7. The van der Waals surface area contributed by atoms with Gasteiger partial charge >= 0.3 is 5.97 Å². The molecule has 5 nitrogen and oxygen atoms in total. The normalized spacial score (nSPS) is 11.8. The summed E-state index contributed by atoms with van der Waals surface area (Å²) in [5.41, 5.74) is 2.69. The zero-order valence-corrected chi connectivity index (χ0v) is 14.2. The minimum atomic E-state index is -0.518. The fraction of sp³-hybridized carbons (Fsp3) is 0.389. The Kier molecular flexibility index (Phi) is 4.98. The van der Waals surface area contributed by atoms with Gasteiger partial charge in [-0.15, -0.1) is 0 Å².